The summed E-state index contributed by atoms with van der Waals surface area (Å²) < 4.78 is 25.0. The molecule has 22 heavy (non-hydrogen) atoms. The van der Waals surface area contributed by atoms with Crippen LogP contribution >= 0.6 is 35.0 Å². The van der Waals surface area contributed by atoms with Gasteiger partial charge in [0.2, 0.25) is 5.91 Å². The van der Waals surface area contributed by atoms with Crippen molar-refractivity contribution < 1.29 is 13.6 Å². The summed E-state index contributed by atoms with van der Waals surface area (Å²) in [5, 5.41) is 3.40. The third-order valence-corrected chi connectivity index (χ3v) is 4.25. The topological polar surface area (TPSA) is 29.1 Å². The van der Waals surface area contributed by atoms with Gasteiger partial charge < -0.3 is 5.32 Å². The SMILES string of the molecule is O=C(Cc1ccc(Cl)c(Cl)c1)Nc1ccccc1SC(F)F. The van der Waals surface area contributed by atoms with E-state index in [1.807, 2.05) is 0 Å². The Morgan fingerprint density at radius 2 is 1.86 bits per heavy atom. The van der Waals surface area contributed by atoms with Crippen molar-refractivity contribution in [2.45, 2.75) is 17.1 Å². The number of carbonyl (C=O) groups excluding carboxylic acids is 1. The fourth-order valence-corrected chi connectivity index (χ4v) is 2.71. The molecule has 0 aliphatic rings. The van der Waals surface area contributed by atoms with E-state index in [0.29, 0.717) is 38.0 Å². The van der Waals surface area contributed by atoms with Crippen LogP contribution in [0, 0.1) is 0 Å². The Hall–Kier alpha value is -1.30. The van der Waals surface area contributed by atoms with Crippen LogP contribution in [0.3, 0.4) is 0 Å². The average molecular weight is 362 g/mol. The highest BCUT2D eigenvalue weighted by Crippen LogP contribution is 2.31. The van der Waals surface area contributed by atoms with Crippen molar-refractivity contribution in [3.63, 3.8) is 0 Å². The third kappa shape index (κ3) is 4.87. The lowest BCUT2D eigenvalue weighted by Crippen LogP contribution is -2.15. The minimum absolute atomic E-state index is 0.0740. The van der Waals surface area contributed by atoms with E-state index in [9.17, 15) is 13.6 Å². The maximum atomic E-state index is 12.5. The molecule has 0 spiro atoms. The second-order valence-corrected chi connectivity index (χ2v) is 6.19. The molecule has 0 radical (unpaired) electrons. The monoisotopic (exact) mass is 361 g/mol. The Kier molecular flexibility index (Phi) is 6.06. The van der Waals surface area contributed by atoms with Gasteiger partial charge in [-0.05, 0) is 29.8 Å². The summed E-state index contributed by atoms with van der Waals surface area (Å²) in [6.07, 6.45) is 0.0740. The Morgan fingerprint density at radius 1 is 1.14 bits per heavy atom. The quantitative estimate of drug-likeness (QED) is 0.713. The molecule has 7 heteroatoms. The highest BCUT2D eigenvalue weighted by atomic mass is 35.5. The average Bonchev–Trinajstić information content (AvgIpc) is 2.44. The van der Waals surface area contributed by atoms with Crippen LogP contribution in [-0.4, -0.2) is 11.7 Å². The number of halogens is 4. The summed E-state index contributed by atoms with van der Waals surface area (Å²) in [4.78, 5) is 12.4. The first-order chi connectivity index (χ1) is 10.5. The molecular formula is C15H11Cl2F2NOS. The van der Waals surface area contributed by atoms with E-state index in [4.69, 9.17) is 23.2 Å². The van der Waals surface area contributed by atoms with Gasteiger partial charge in [-0.3, -0.25) is 4.79 Å². The van der Waals surface area contributed by atoms with Crippen molar-refractivity contribution in [2.75, 3.05) is 5.32 Å². The number of nitrogens with one attached hydrogen (secondary N) is 1. The first-order valence-corrected chi connectivity index (χ1v) is 7.87. The van der Waals surface area contributed by atoms with Gasteiger partial charge in [-0.15, -0.1) is 0 Å². The number of benzene rings is 2. The Labute approximate surface area is 140 Å². The normalized spacial score (nSPS) is 10.8. The van der Waals surface area contributed by atoms with Crippen molar-refractivity contribution in [1.29, 1.82) is 0 Å². The third-order valence-electron chi connectivity index (χ3n) is 2.73. The number of hydrogen-bond donors (Lipinski definition) is 1. The molecule has 2 rings (SSSR count). The minimum Gasteiger partial charge on any atom is -0.325 e. The molecule has 0 saturated carbocycles. The molecular weight excluding hydrogens is 351 g/mol. The number of rotatable bonds is 5. The van der Waals surface area contributed by atoms with Gasteiger partial charge in [-0.1, -0.05) is 53.2 Å². The van der Waals surface area contributed by atoms with Crippen LogP contribution in [0.5, 0.6) is 0 Å². The highest BCUT2D eigenvalue weighted by molar-refractivity contribution is 7.99. The summed E-state index contributed by atoms with van der Waals surface area (Å²) in [5.41, 5.74) is 1.05. The van der Waals surface area contributed by atoms with E-state index in [1.165, 1.54) is 6.07 Å². The van der Waals surface area contributed by atoms with E-state index < -0.39 is 5.76 Å². The van der Waals surface area contributed by atoms with Crippen molar-refractivity contribution in [2.24, 2.45) is 0 Å². The fourth-order valence-electron chi connectivity index (χ4n) is 1.80. The standard InChI is InChI=1S/C15H11Cl2F2NOS/c16-10-6-5-9(7-11(10)17)8-14(21)20-12-3-1-2-4-13(12)22-15(18)19/h1-7,15H,8H2,(H,20,21). The molecule has 1 amide bonds. The Morgan fingerprint density at radius 3 is 2.55 bits per heavy atom. The summed E-state index contributed by atoms with van der Waals surface area (Å²) in [5.74, 6) is -2.87. The molecule has 0 saturated heterocycles. The van der Waals surface area contributed by atoms with Crippen molar-refractivity contribution >= 4 is 46.6 Å². The van der Waals surface area contributed by atoms with Gasteiger partial charge >= 0.3 is 0 Å². The molecule has 2 nitrogen and oxygen atoms in total. The molecule has 0 fully saturated rings. The molecule has 2 aromatic rings. The largest absolute Gasteiger partial charge is 0.325 e. The molecule has 0 bridgehead atoms. The molecule has 0 aliphatic heterocycles. The predicted octanol–water partition coefficient (Wildman–Crippen LogP) is 5.49. The van der Waals surface area contributed by atoms with Gasteiger partial charge in [-0.2, -0.15) is 8.78 Å². The lowest BCUT2D eigenvalue weighted by Gasteiger charge is -2.10. The van der Waals surface area contributed by atoms with Crippen LogP contribution < -0.4 is 5.32 Å². The molecule has 116 valence electrons. The maximum absolute atomic E-state index is 12.5. The molecule has 1 N–H and O–H groups in total. The van der Waals surface area contributed by atoms with E-state index in [2.05, 4.69) is 5.32 Å². The zero-order valence-electron chi connectivity index (χ0n) is 11.2. The van der Waals surface area contributed by atoms with Gasteiger partial charge in [0.1, 0.15) is 0 Å². The number of para-hydroxylation sites is 1. The van der Waals surface area contributed by atoms with Crippen LogP contribution in [0.1, 0.15) is 5.56 Å². The number of amides is 1. The lowest BCUT2D eigenvalue weighted by molar-refractivity contribution is -0.115. The fraction of sp³-hybridized carbons (Fsp3) is 0.133. The molecule has 0 aliphatic carbocycles. The van der Waals surface area contributed by atoms with Crippen LogP contribution in [-0.2, 0) is 11.2 Å². The minimum atomic E-state index is -2.55. The van der Waals surface area contributed by atoms with Crippen LogP contribution in [0.4, 0.5) is 14.5 Å². The smallest absolute Gasteiger partial charge is 0.288 e. The molecule has 2 aromatic carbocycles. The zero-order chi connectivity index (χ0) is 16.1. The van der Waals surface area contributed by atoms with Crippen molar-refractivity contribution in [3.8, 4) is 0 Å². The number of carbonyl (C=O) groups is 1. The summed E-state index contributed by atoms with van der Waals surface area (Å²) in [6, 6.07) is 11.3. The predicted molar refractivity (Wildman–Crippen MR) is 87.1 cm³/mol. The van der Waals surface area contributed by atoms with Crippen LogP contribution in [0.15, 0.2) is 47.4 Å². The second-order valence-electron chi connectivity index (χ2n) is 4.35. The number of alkyl halides is 2. The highest BCUT2D eigenvalue weighted by Gasteiger charge is 2.12. The summed E-state index contributed by atoms with van der Waals surface area (Å²) in [7, 11) is 0. The maximum Gasteiger partial charge on any atom is 0.288 e. The van der Waals surface area contributed by atoms with Crippen molar-refractivity contribution in [3.05, 3.63) is 58.1 Å². The Bertz CT molecular complexity index is 682. The summed E-state index contributed by atoms with van der Waals surface area (Å²) >= 11 is 12.1. The van der Waals surface area contributed by atoms with Gasteiger partial charge in [0, 0.05) is 4.90 Å². The lowest BCUT2D eigenvalue weighted by atomic mass is 10.1. The van der Waals surface area contributed by atoms with Gasteiger partial charge in [-0.25, -0.2) is 0 Å². The van der Waals surface area contributed by atoms with E-state index >= 15 is 0 Å². The molecule has 0 atom stereocenters. The Balaban J connectivity index is 2.07. The van der Waals surface area contributed by atoms with Crippen molar-refractivity contribution in [1.82, 2.24) is 0 Å². The second kappa shape index (κ2) is 7.81. The van der Waals surface area contributed by atoms with Gasteiger partial charge in [0.15, 0.2) is 0 Å². The molecule has 0 heterocycles. The van der Waals surface area contributed by atoms with E-state index in [-0.39, 0.29) is 12.3 Å². The van der Waals surface area contributed by atoms with E-state index in [1.54, 1.807) is 36.4 Å². The number of anilines is 1. The van der Waals surface area contributed by atoms with E-state index in [0.717, 1.165) is 0 Å². The van der Waals surface area contributed by atoms with Crippen LogP contribution in [0.25, 0.3) is 0 Å². The number of hydrogen-bond acceptors (Lipinski definition) is 2. The zero-order valence-corrected chi connectivity index (χ0v) is 13.5. The van der Waals surface area contributed by atoms with Crippen LogP contribution in [0.2, 0.25) is 10.0 Å². The summed E-state index contributed by atoms with van der Waals surface area (Å²) in [6.45, 7) is 0. The molecule has 0 unspecified atom stereocenters. The van der Waals surface area contributed by atoms with Gasteiger partial charge in [0.25, 0.3) is 5.76 Å². The first-order valence-electron chi connectivity index (χ1n) is 6.23. The molecule has 0 aromatic heterocycles. The first kappa shape index (κ1) is 17.1. The van der Waals surface area contributed by atoms with Gasteiger partial charge in [0.05, 0.1) is 22.2 Å². The number of thioether (sulfide) groups is 1.